The molecule has 0 amide bonds. The van der Waals surface area contributed by atoms with Gasteiger partial charge in [-0.25, -0.2) is 22.7 Å². The predicted molar refractivity (Wildman–Crippen MR) is 123 cm³/mol. The van der Waals surface area contributed by atoms with Crippen LogP contribution in [0.3, 0.4) is 0 Å². The molecule has 1 aliphatic carbocycles. The number of alkyl halides is 2. The van der Waals surface area contributed by atoms with Crippen molar-refractivity contribution in [2.24, 2.45) is 5.92 Å². The lowest BCUT2D eigenvalue weighted by Crippen LogP contribution is -2.44. The summed E-state index contributed by atoms with van der Waals surface area (Å²) in [5.41, 5.74) is -0.575. The normalized spacial score (nSPS) is 19.0. The SMILES string of the molecule is Cc1n(CCCOC(=O)[C@](O)(c2ccccc2)[C@H]2CCC(F)(F)C2)cc[n+]1Cc1ccccc1. The summed E-state index contributed by atoms with van der Waals surface area (Å²) in [6.07, 6.45) is 3.74. The third-order valence-corrected chi connectivity index (χ3v) is 6.75. The first-order valence-corrected chi connectivity index (χ1v) is 11.7. The zero-order valence-corrected chi connectivity index (χ0v) is 19.4. The van der Waals surface area contributed by atoms with Crippen molar-refractivity contribution in [2.75, 3.05) is 6.61 Å². The van der Waals surface area contributed by atoms with E-state index < -0.39 is 29.8 Å². The maximum atomic E-state index is 13.9. The molecule has 5 nitrogen and oxygen atoms in total. The summed E-state index contributed by atoms with van der Waals surface area (Å²) in [6.45, 7) is 3.52. The minimum Gasteiger partial charge on any atom is -0.463 e. The molecule has 180 valence electrons. The van der Waals surface area contributed by atoms with Crippen molar-refractivity contribution < 1.29 is 28.0 Å². The third-order valence-electron chi connectivity index (χ3n) is 6.75. The number of aromatic nitrogens is 2. The van der Waals surface area contributed by atoms with Crippen molar-refractivity contribution in [3.05, 3.63) is 90.0 Å². The smallest absolute Gasteiger partial charge is 0.343 e. The van der Waals surface area contributed by atoms with Crippen LogP contribution in [0.25, 0.3) is 0 Å². The Morgan fingerprint density at radius 3 is 2.50 bits per heavy atom. The maximum absolute atomic E-state index is 13.9. The van der Waals surface area contributed by atoms with Gasteiger partial charge in [-0.1, -0.05) is 60.7 Å². The molecular formula is C27H31F2N2O3+. The number of benzene rings is 2. The Kier molecular flexibility index (Phi) is 7.12. The van der Waals surface area contributed by atoms with E-state index in [1.165, 1.54) is 5.56 Å². The van der Waals surface area contributed by atoms with Crippen molar-refractivity contribution in [2.45, 2.75) is 57.2 Å². The number of hydrogen-bond acceptors (Lipinski definition) is 3. The highest BCUT2D eigenvalue weighted by molar-refractivity contribution is 5.81. The number of carbonyl (C=O) groups excluding carboxylic acids is 1. The number of carbonyl (C=O) groups is 1. The lowest BCUT2D eigenvalue weighted by molar-refractivity contribution is -0.694. The molecule has 34 heavy (non-hydrogen) atoms. The molecule has 2 atom stereocenters. The van der Waals surface area contributed by atoms with Gasteiger partial charge in [0, 0.05) is 32.1 Å². The second-order valence-electron chi connectivity index (χ2n) is 9.07. The highest BCUT2D eigenvalue weighted by atomic mass is 19.3. The number of esters is 1. The van der Waals surface area contributed by atoms with Crippen molar-refractivity contribution in [3.8, 4) is 0 Å². The largest absolute Gasteiger partial charge is 0.463 e. The van der Waals surface area contributed by atoms with Crippen molar-refractivity contribution in [1.82, 2.24) is 4.57 Å². The standard InChI is InChI=1S/C27H31F2N2O3/c1-21-30(16-17-31(21)20-22-9-4-2-5-10-22)15-8-18-34-25(32)27(33,23-11-6-3-7-12-23)24-13-14-26(28,29)19-24/h2-7,9-12,16-17,24,33H,8,13-15,18-20H2,1H3/q+1/t24-,27-/m0/s1. The van der Waals surface area contributed by atoms with Crippen molar-refractivity contribution in [3.63, 3.8) is 0 Å². The highest BCUT2D eigenvalue weighted by Crippen LogP contribution is 2.47. The number of nitrogens with zero attached hydrogens (tertiary/aromatic N) is 2. The van der Waals surface area contributed by atoms with Crippen LogP contribution in [0.1, 0.15) is 42.6 Å². The first-order chi connectivity index (χ1) is 16.3. The van der Waals surface area contributed by atoms with Crippen LogP contribution in [-0.4, -0.2) is 28.2 Å². The molecule has 2 aromatic carbocycles. The van der Waals surface area contributed by atoms with Gasteiger partial charge >= 0.3 is 5.97 Å². The van der Waals surface area contributed by atoms with Crippen LogP contribution in [-0.2, 0) is 28.2 Å². The molecule has 3 aromatic rings. The van der Waals surface area contributed by atoms with Crippen LogP contribution in [0.5, 0.6) is 0 Å². The molecule has 1 fully saturated rings. The van der Waals surface area contributed by atoms with Crippen LogP contribution in [0.4, 0.5) is 8.78 Å². The Morgan fingerprint density at radius 2 is 1.85 bits per heavy atom. The molecule has 7 heteroatoms. The fourth-order valence-corrected chi connectivity index (χ4v) is 4.75. The average molecular weight is 470 g/mol. The van der Waals surface area contributed by atoms with E-state index in [0.717, 1.165) is 12.4 Å². The van der Waals surface area contributed by atoms with Crippen molar-refractivity contribution in [1.29, 1.82) is 0 Å². The Labute approximate surface area is 198 Å². The molecular weight excluding hydrogens is 438 g/mol. The van der Waals surface area contributed by atoms with E-state index in [4.69, 9.17) is 4.74 Å². The van der Waals surface area contributed by atoms with Gasteiger partial charge in [0.2, 0.25) is 5.92 Å². The van der Waals surface area contributed by atoms with E-state index in [-0.39, 0.29) is 19.4 Å². The van der Waals surface area contributed by atoms with Crippen LogP contribution in [0, 0.1) is 12.8 Å². The van der Waals surface area contributed by atoms with E-state index in [1.54, 1.807) is 30.3 Å². The van der Waals surface area contributed by atoms with Crippen molar-refractivity contribution >= 4 is 5.97 Å². The summed E-state index contributed by atoms with van der Waals surface area (Å²) in [6, 6.07) is 18.5. The Morgan fingerprint density at radius 1 is 1.18 bits per heavy atom. The van der Waals surface area contributed by atoms with Crippen LogP contribution < -0.4 is 4.57 Å². The zero-order chi connectivity index (χ0) is 24.2. The lowest BCUT2D eigenvalue weighted by Gasteiger charge is -2.32. The third kappa shape index (κ3) is 5.20. The highest BCUT2D eigenvalue weighted by Gasteiger charge is 2.54. The molecule has 1 aliphatic rings. The van der Waals surface area contributed by atoms with E-state index in [2.05, 4.69) is 21.3 Å². The molecule has 0 spiro atoms. The van der Waals surface area contributed by atoms with Gasteiger partial charge < -0.3 is 9.84 Å². The summed E-state index contributed by atoms with van der Waals surface area (Å²) in [4.78, 5) is 13.0. The van der Waals surface area contributed by atoms with Gasteiger partial charge in [0.05, 0.1) is 13.2 Å². The lowest BCUT2D eigenvalue weighted by atomic mass is 9.80. The monoisotopic (exact) mass is 469 g/mol. The molecule has 1 saturated carbocycles. The minimum atomic E-state index is -2.88. The van der Waals surface area contributed by atoms with Crippen LogP contribution in [0.2, 0.25) is 0 Å². The van der Waals surface area contributed by atoms with E-state index in [9.17, 15) is 18.7 Å². The maximum Gasteiger partial charge on any atom is 0.343 e. The van der Waals surface area contributed by atoms with Gasteiger partial charge in [-0.2, -0.15) is 0 Å². The van der Waals surface area contributed by atoms with Gasteiger partial charge in [-0.3, -0.25) is 0 Å². The van der Waals surface area contributed by atoms with Crippen LogP contribution in [0.15, 0.2) is 73.1 Å². The summed E-state index contributed by atoms with van der Waals surface area (Å²) >= 11 is 0. The molecule has 0 saturated heterocycles. The average Bonchev–Trinajstić information content (AvgIpc) is 3.39. The Hall–Kier alpha value is -3.06. The summed E-state index contributed by atoms with van der Waals surface area (Å²) in [5.74, 6) is -3.55. The topological polar surface area (TPSA) is 55.3 Å². The molecule has 0 bridgehead atoms. The first-order valence-electron chi connectivity index (χ1n) is 11.7. The first kappa shape index (κ1) is 24.1. The molecule has 1 aromatic heterocycles. The summed E-state index contributed by atoms with van der Waals surface area (Å²) in [7, 11) is 0. The molecule has 4 rings (SSSR count). The quantitative estimate of drug-likeness (QED) is 0.287. The number of hydrogen-bond donors (Lipinski definition) is 1. The molecule has 0 aliphatic heterocycles. The molecule has 0 radical (unpaired) electrons. The van der Waals surface area contributed by atoms with Crippen LogP contribution >= 0.6 is 0 Å². The summed E-state index contributed by atoms with van der Waals surface area (Å²) < 4.78 is 37.5. The van der Waals surface area contributed by atoms with Gasteiger partial charge in [-0.05, 0) is 17.5 Å². The molecule has 1 N–H and O–H groups in total. The van der Waals surface area contributed by atoms with Gasteiger partial charge in [0.25, 0.3) is 5.82 Å². The number of aryl methyl sites for hydroxylation is 1. The Balaban J connectivity index is 1.37. The second-order valence-corrected chi connectivity index (χ2v) is 9.07. The fourth-order valence-electron chi connectivity index (χ4n) is 4.75. The number of halogens is 2. The van der Waals surface area contributed by atoms with E-state index in [1.807, 2.05) is 37.5 Å². The number of aliphatic hydroxyl groups is 1. The molecule has 1 heterocycles. The zero-order valence-electron chi connectivity index (χ0n) is 19.4. The number of ether oxygens (including phenoxy) is 1. The summed E-state index contributed by atoms with van der Waals surface area (Å²) in [5, 5.41) is 11.4. The second kappa shape index (κ2) is 10.1. The minimum absolute atomic E-state index is 0.0669. The van der Waals surface area contributed by atoms with E-state index in [0.29, 0.717) is 18.5 Å². The number of imidazole rings is 1. The molecule has 0 unspecified atom stereocenters. The van der Waals surface area contributed by atoms with Gasteiger partial charge in [-0.15, -0.1) is 0 Å². The van der Waals surface area contributed by atoms with Gasteiger partial charge in [0.1, 0.15) is 18.9 Å². The number of rotatable bonds is 9. The van der Waals surface area contributed by atoms with E-state index >= 15 is 0 Å². The predicted octanol–water partition coefficient (Wildman–Crippen LogP) is 4.39. The fraction of sp³-hybridized carbons (Fsp3) is 0.407. The van der Waals surface area contributed by atoms with Gasteiger partial charge in [0.15, 0.2) is 5.60 Å². The Bertz CT molecular complexity index is 1100.